The summed E-state index contributed by atoms with van der Waals surface area (Å²) in [7, 11) is 2.11. The molecule has 0 amide bonds. The number of furan rings is 1. The summed E-state index contributed by atoms with van der Waals surface area (Å²) in [6.07, 6.45) is 0.143. The van der Waals surface area contributed by atoms with E-state index in [1.54, 1.807) is 0 Å². The Kier molecular flexibility index (Phi) is 4.15. The Morgan fingerprint density at radius 2 is 2.09 bits per heavy atom. The molecular weight excluding hydrogens is 278 g/mol. The summed E-state index contributed by atoms with van der Waals surface area (Å²) in [4.78, 5) is 2.27. The number of morpholine rings is 1. The first-order valence-corrected chi connectivity index (χ1v) is 7.89. The molecule has 1 saturated heterocycles. The molecule has 2 heterocycles. The molecule has 0 aliphatic carbocycles. The Morgan fingerprint density at radius 1 is 1.27 bits per heavy atom. The van der Waals surface area contributed by atoms with Crippen LogP contribution in [-0.4, -0.2) is 44.4 Å². The van der Waals surface area contributed by atoms with Crippen molar-refractivity contribution in [2.75, 3.05) is 33.4 Å². The van der Waals surface area contributed by atoms with Crippen LogP contribution in [0.2, 0.25) is 0 Å². The fourth-order valence-electron chi connectivity index (χ4n) is 2.64. The molecule has 4 heteroatoms. The SMILES string of the molecule is CN1CCOC(COc2ccc3oc(C(C)(C)C)cc3c2)C1. The topological polar surface area (TPSA) is 34.8 Å². The third-order valence-corrected chi connectivity index (χ3v) is 4.00. The van der Waals surface area contributed by atoms with Gasteiger partial charge in [-0.2, -0.15) is 0 Å². The van der Waals surface area contributed by atoms with Gasteiger partial charge in [0.05, 0.1) is 6.61 Å². The predicted octanol–water partition coefficient (Wildman–Crippen LogP) is 3.44. The Labute approximate surface area is 132 Å². The second-order valence-electron chi connectivity index (χ2n) is 7.13. The van der Waals surface area contributed by atoms with E-state index >= 15 is 0 Å². The Morgan fingerprint density at radius 3 is 2.82 bits per heavy atom. The molecule has 0 spiro atoms. The lowest BCUT2D eigenvalue weighted by Crippen LogP contribution is -2.42. The number of fused-ring (bicyclic) bond motifs is 1. The zero-order valence-corrected chi connectivity index (χ0v) is 13.9. The lowest BCUT2D eigenvalue weighted by molar-refractivity contribution is -0.0403. The second kappa shape index (κ2) is 5.94. The van der Waals surface area contributed by atoms with Crippen LogP contribution in [0, 0.1) is 0 Å². The zero-order chi connectivity index (χ0) is 15.7. The standard InChI is InChI=1S/C18H25NO3/c1-18(2,3)17-10-13-9-14(5-6-16(13)22-17)21-12-15-11-19(4)7-8-20-15/h5-6,9-10,15H,7-8,11-12H2,1-4H3. The van der Waals surface area contributed by atoms with Crippen LogP contribution in [0.25, 0.3) is 11.0 Å². The van der Waals surface area contributed by atoms with Crippen molar-refractivity contribution in [2.24, 2.45) is 0 Å². The van der Waals surface area contributed by atoms with Crippen molar-refractivity contribution in [1.82, 2.24) is 4.90 Å². The van der Waals surface area contributed by atoms with Crippen LogP contribution in [0.1, 0.15) is 26.5 Å². The predicted molar refractivity (Wildman–Crippen MR) is 87.6 cm³/mol. The van der Waals surface area contributed by atoms with Crippen molar-refractivity contribution in [2.45, 2.75) is 32.3 Å². The van der Waals surface area contributed by atoms with Crippen LogP contribution in [-0.2, 0) is 10.2 Å². The molecule has 3 rings (SSSR count). The number of rotatable bonds is 3. The highest BCUT2D eigenvalue weighted by molar-refractivity contribution is 5.79. The Balaban J connectivity index is 1.69. The van der Waals surface area contributed by atoms with E-state index in [2.05, 4.69) is 38.8 Å². The molecule has 0 radical (unpaired) electrons. The first kappa shape index (κ1) is 15.4. The molecule has 4 nitrogen and oxygen atoms in total. The van der Waals surface area contributed by atoms with Crippen molar-refractivity contribution in [1.29, 1.82) is 0 Å². The van der Waals surface area contributed by atoms with Crippen molar-refractivity contribution < 1.29 is 13.9 Å². The molecule has 1 unspecified atom stereocenters. The van der Waals surface area contributed by atoms with E-state index in [0.29, 0.717) is 6.61 Å². The van der Waals surface area contributed by atoms with Crippen LogP contribution >= 0.6 is 0 Å². The van der Waals surface area contributed by atoms with Crippen molar-refractivity contribution in [3.63, 3.8) is 0 Å². The lowest BCUT2D eigenvalue weighted by atomic mass is 9.93. The molecular formula is C18H25NO3. The first-order valence-electron chi connectivity index (χ1n) is 7.89. The molecule has 22 heavy (non-hydrogen) atoms. The normalized spacial score (nSPS) is 20.5. The smallest absolute Gasteiger partial charge is 0.134 e. The van der Waals surface area contributed by atoms with Gasteiger partial charge in [0, 0.05) is 23.9 Å². The summed E-state index contributed by atoms with van der Waals surface area (Å²) >= 11 is 0. The van der Waals surface area contributed by atoms with Crippen molar-refractivity contribution in [3.8, 4) is 5.75 Å². The van der Waals surface area contributed by atoms with Gasteiger partial charge in [-0.25, -0.2) is 0 Å². The van der Waals surface area contributed by atoms with Gasteiger partial charge in [0.1, 0.15) is 29.8 Å². The maximum Gasteiger partial charge on any atom is 0.134 e. The number of likely N-dealkylation sites (N-methyl/N-ethyl adjacent to an activating group) is 1. The Bertz CT molecular complexity index is 641. The molecule has 120 valence electrons. The van der Waals surface area contributed by atoms with Gasteiger partial charge in [-0.05, 0) is 31.3 Å². The number of nitrogens with zero attached hydrogens (tertiary/aromatic N) is 1. The van der Waals surface area contributed by atoms with Crippen LogP contribution in [0.15, 0.2) is 28.7 Å². The van der Waals surface area contributed by atoms with Crippen LogP contribution in [0.4, 0.5) is 0 Å². The minimum absolute atomic E-state index is 0.0144. The molecule has 1 aliphatic rings. The highest BCUT2D eigenvalue weighted by atomic mass is 16.5. The summed E-state index contributed by atoms with van der Waals surface area (Å²) < 4.78 is 17.5. The lowest BCUT2D eigenvalue weighted by Gasteiger charge is -2.29. The van der Waals surface area contributed by atoms with Gasteiger partial charge in [0.2, 0.25) is 0 Å². The van der Waals surface area contributed by atoms with Crippen LogP contribution in [0.5, 0.6) is 5.75 Å². The summed E-state index contributed by atoms with van der Waals surface area (Å²) in [6.45, 7) is 9.73. The summed E-state index contributed by atoms with van der Waals surface area (Å²) in [5.41, 5.74) is 0.923. The fourth-order valence-corrected chi connectivity index (χ4v) is 2.64. The number of hydrogen-bond donors (Lipinski definition) is 0. The van der Waals surface area contributed by atoms with E-state index in [4.69, 9.17) is 13.9 Å². The average Bonchev–Trinajstić information content (AvgIpc) is 2.88. The van der Waals surface area contributed by atoms with E-state index in [9.17, 15) is 0 Å². The molecule has 1 fully saturated rings. The molecule has 1 aliphatic heterocycles. The number of hydrogen-bond acceptors (Lipinski definition) is 4. The van der Waals surface area contributed by atoms with Crippen LogP contribution < -0.4 is 4.74 Å². The number of ether oxygens (including phenoxy) is 2. The van der Waals surface area contributed by atoms with E-state index in [0.717, 1.165) is 42.2 Å². The van der Waals surface area contributed by atoms with E-state index < -0.39 is 0 Å². The van der Waals surface area contributed by atoms with Gasteiger partial charge in [-0.15, -0.1) is 0 Å². The molecule has 2 aromatic rings. The van der Waals surface area contributed by atoms with E-state index in [1.165, 1.54) is 0 Å². The maximum absolute atomic E-state index is 5.91. The van der Waals surface area contributed by atoms with E-state index in [1.807, 2.05) is 18.2 Å². The summed E-state index contributed by atoms with van der Waals surface area (Å²) in [5, 5.41) is 1.09. The summed E-state index contributed by atoms with van der Waals surface area (Å²) in [5.74, 6) is 1.86. The van der Waals surface area contributed by atoms with Gasteiger partial charge < -0.3 is 18.8 Å². The highest BCUT2D eigenvalue weighted by Gasteiger charge is 2.20. The summed E-state index contributed by atoms with van der Waals surface area (Å²) in [6, 6.07) is 8.09. The molecule has 0 saturated carbocycles. The van der Waals surface area contributed by atoms with Gasteiger partial charge in [0.15, 0.2) is 0 Å². The van der Waals surface area contributed by atoms with Crippen molar-refractivity contribution >= 4 is 11.0 Å². The third kappa shape index (κ3) is 3.45. The first-order chi connectivity index (χ1) is 10.4. The van der Waals surface area contributed by atoms with Gasteiger partial charge >= 0.3 is 0 Å². The highest BCUT2D eigenvalue weighted by Crippen LogP contribution is 2.31. The fraction of sp³-hybridized carbons (Fsp3) is 0.556. The number of benzene rings is 1. The molecule has 1 aromatic heterocycles. The van der Waals surface area contributed by atoms with Crippen molar-refractivity contribution in [3.05, 3.63) is 30.0 Å². The Hall–Kier alpha value is -1.52. The maximum atomic E-state index is 5.91. The van der Waals surface area contributed by atoms with Gasteiger partial charge in [0.25, 0.3) is 0 Å². The minimum atomic E-state index is 0.0144. The molecule has 0 bridgehead atoms. The molecule has 1 atom stereocenters. The molecule has 1 aromatic carbocycles. The van der Waals surface area contributed by atoms with Gasteiger partial charge in [-0.1, -0.05) is 20.8 Å². The van der Waals surface area contributed by atoms with Gasteiger partial charge in [-0.3, -0.25) is 0 Å². The zero-order valence-electron chi connectivity index (χ0n) is 13.9. The largest absolute Gasteiger partial charge is 0.491 e. The second-order valence-corrected chi connectivity index (χ2v) is 7.13. The third-order valence-electron chi connectivity index (χ3n) is 4.00. The quantitative estimate of drug-likeness (QED) is 0.870. The minimum Gasteiger partial charge on any atom is -0.491 e. The van der Waals surface area contributed by atoms with E-state index in [-0.39, 0.29) is 11.5 Å². The average molecular weight is 303 g/mol. The molecule has 0 N–H and O–H groups in total. The monoisotopic (exact) mass is 303 g/mol. The van der Waals surface area contributed by atoms with Crippen LogP contribution in [0.3, 0.4) is 0 Å².